The zero-order chi connectivity index (χ0) is 16.6. The summed E-state index contributed by atoms with van der Waals surface area (Å²) in [7, 11) is 0. The highest BCUT2D eigenvalue weighted by molar-refractivity contribution is 5.81. The molecule has 1 saturated heterocycles. The second kappa shape index (κ2) is 6.16. The predicted octanol–water partition coefficient (Wildman–Crippen LogP) is 0.657. The van der Waals surface area contributed by atoms with Crippen molar-refractivity contribution < 1.29 is 14.1 Å². The molecule has 2 heterocycles. The van der Waals surface area contributed by atoms with Gasteiger partial charge in [-0.15, -0.1) is 0 Å². The van der Waals surface area contributed by atoms with Crippen LogP contribution in [0.2, 0.25) is 0 Å². The molecule has 1 aliphatic rings. The summed E-state index contributed by atoms with van der Waals surface area (Å²) >= 11 is 0. The maximum Gasteiger partial charge on any atom is 0.336 e. The van der Waals surface area contributed by atoms with Crippen LogP contribution in [0.1, 0.15) is 23.6 Å². The highest BCUT2D eigenvalue weighted by atomic mass is 16.4. The highest BCUT2D eigenvalue weighted by Gasteiger charge is 2.22. The van der Waals surface area contributed by atoms with E-state index in [1.54, 1.807) is 13.0 Å². The Morgan fingerprint density at radius 3 is 2.48 bits per heavy atom. The van der Waals surface area contributed by atoms with Crippen molar-refractivity contribution in [1.29, 1.82) is 0 Å². The van der Waals surface area contributed by atoms with E-state index in [1.807, 2.05) is 17.9 Å². The minimum absolute atomic E-state index is 0.140. The van der Waals surface area contributed by atoms with Gasteiger partial charge in [0.05, 0.1) is 26.2 Å². The second-order valence-electron chi connectivity index (χ2n) is 6.46. The normalized spacial score (nSPS) is 16.0. The Hall–Kier alpha value is -2.14. The standard InChI is InChI=1S/C18H22N2O3/c1-12-8-16-15(10-18(22)23-17(16)9-13(12)2)11-19-4-6-20(7-5-19)14(3)21/h8-10H,4-7,11H2,1-3H3/p+1. The van der Waals surface area contributed by atoms with Gasteiger partial charge in [-0.2, -0.15) is 0 Å². The summed E-state index contributed by atoms with van der Waals surface area (Å²) in [5, 5.41) is 1.02. The lowest BCUT2D eigenvalue weighted by Crippen LogP contribution is -3.13. The third-order valence-corrected chi connectivity index (χ3v) is 4.80. The van der Waals surface area contributed by atoms with Gasteiger partial charge in [-0.3, -0.25) is 4.79 Å². The molecule has 0 saturated carbocycles. The molecule has 1 aliphatic heterocycles. The van der Waals surface area contributed by atoms with Crippen molar-refractivity contribution >= 4 is 16.9 Å². The van der Waals surface area contributed by atoms with Crippen LogP contribution in [0.4, 0.5) is 0 Å². The van der Waals surface area contributed by atoms with Gasteiger partial charge < -0.3 is 14.2 Å². The molecule has 1 aromatic carbocycles. The topological polar surface area (TPSA) is 55.0 Å². The number of hydrogen-bond donors (Lipinski definition) is 1. The lowest BCUT2D eigenvalue weighted by molar-refractivity contribution is -0.917. The largest absolute Gasteiger partial charge is 0.423 e. The first-order valence-corrected chi connectivity index (χ1v) is 8.07. The minimum Gasteiger partial charge on any atom is -0.423 e. The highest BCUT2D eigenvalue weighted by Crippen LogP contribution is 2.21. The summed E-state index contributed by atoms with van der Waals surface area (Å²) < 4.78 is 5.36. The fourth-order valence-electron chi connectivity index (χ4n) is 3.21. The van der Waals surface area contributed by atoms with Crippen molar-refractivity contribution in [3.8, 4) is 0 Å². The Morgan fingerprint density at radius 2 is 1.83 bits per heavy atom. The molecule has 0 spiro atoms. The van der Waals surface area contributed by atoms with Gasteiger partial charge in [0, 0.05) is 23.9 Å². The van der Waals surface area contributed by atoms with E-state index in [0.29, 0.717) is 5.58 Å². The molecule has 1 N–H and O–H groups in total. The number of piperazine rings is 1. The van der Waals surface area contributed by atoms with E-state index in [9.17, 15) is 9.59 Å². The smallest absolute Gasteiger partial charge is 0.336 e. The van der Waals surface area contributed by atoms with E-state index in [0.717, 1.165) is 49.2 Å². The van der Waals surface area contributed by atoms with Crippen LogP contribution >= 0.6 is 0 Å². The molecule has 23 heavy (non-hydrogen) atoms. The van der Waals surface area contributed by atoms with Gasteiger partial charge in [0.2, 0.25) is 5.91 Å². The fourth-order valence-corrected chi connectivity index (χ4v) is 3.21. The quantitative estimate of drug-likeness (QED) is 0.828. The summed E-state index contributed by atoms with van der Waals surface area (Å²) in [4.78, 5) is 26.5. The molecule has 0 radical (unpaired) electrons. The number of quaternary nitrogens is 1. The van der Waals surface area contributed by atoms with E-state index in [1.165, 1.54) is 10.5 Å². The number of amides is 1. The Bertz CT molecular complexity index is 802. The second-order valence-corrected chi connectivity index (χ2v) is 6.46. The molecule has 0 atom stereocenters. The van der Waals surface area contributed by atoms with Gasteiger partial charge in [-0.1, -0.05) is 0 Å². The number of carbonyl (C=O) groups is 1. The molecule has 1 aromatic heterocycles. The monoisotopic (exact) mass is 315 g/mol. The lowest BCUT2D eigenvalue weighted by Gasteiger charge is -2.31. The van der Waals surface area contributed by atoms with Crippen LogP contribution < -0.4 is 10.5 Å². The molecular weight excluding hydrogens is 292 g/mol. The van der Waals surface area contributed by atoms with E-state index in [4.69, 9.17) is 4.42 Å². The van der Waals surface area contributed by atoms with Crippen LogP contribution in [0, 0.1) is 13.8 Å². The molecule has 1 fully saturated rings. The van der Waals surface area contributed by atoms with Crippen LogP contribution in [-0.4, -0.2) is 37.0 Å². The van der Waals surface area contributed by atoms with Crippen molar-refractivity contribution in [2.45, 2.75) is 27.3 Å². The van der Waals surface area contributed by atoms with Gasteiger partial charge in [-0.25, -0.2) is 4.79 Å². The molecule has 122 valence electrons. The fraction of sp³-hybridized carbons (Fsp3) is 0.444. The van der Waals surface area contributed by atoms with Gasteiger partial charge in [-0.05, 0) is 37.1 Å². The summed E-state index contributed by atoms with van der Waals surface area (Å²) in [5.74, 6) is 0.140. The van der Waals surface area contributed by atoms with Crippen LogP contribution in [0.15, 0.2) is 27.4 Å². The summed E-state index contributed by atoms with van der Waals surface area (Å²) in [6, 6.07) is 5.66. The van der Waals surface area contributed by atoms with Crippen LogP contribution in [0.3, 0.4) is 0 Å². The molecule has 0 unspecified atom stereocenters. The first kappa shape index (κ1) is 15.7. The third-order valence-electron chi connectivity index (χ3n) is 4.80. The van der Waals surface area contributed by atoms with Crippen molar-refractivity contribution in [3.63, 3.8) is 0 Å². The number of rotatable bonds is 2. The molecule has 3 rings (SSSR count). The molecule has 0 aliphatic carbocycles. The summed E-state index contributed by atoms with van der Waals surface area (Å²) in [6.45, 7) is 9.88. The van der Waals surface area contributed by atoms with Crippen LogP contribution in [0.5, 0.6) is 0 Å². The van der Waals surface area contributed by atoms with E-state index >= 15 is 0 Å². The number of nitrogens with one attached hydrogen (secondary N) is 1. The number of aryl methyl sites for hydroxylation is 2. The SMILES string of the molecule is CC(=O)N1CC[NH+](Cc2cc(=O)oc3cc(C)c(C)cc23)CC1. The molecule has 0 bridgehead atoms. The van der Waals surface area contributed by atoms with Gasteiger partial charge in [0.25, 0.3) is 0 Å². The number of hydrogen-bond acceptors (Lipinski definition) is 3. The first-order valence-electron chi connectivity index (χ1n) is 8.07. The Labute approximate surface area is 135 Å². The van der Waals surface area contributed by atoms with E-state index < -0.39 is 0 Å². The number of benzene rings is 1. The maximum absolute atomic E-state index is 11.9. The van der Waals surface area contributed by atoms with Gasteiger partial charge >= 0.3 is 5.63 Å². The molecule has 5 heteroatoms. The average molecular weight is 315 g/mol. The van der Waals surface area contributed by atoms with Crippen molar-refractivity contribution in [1.82, 2.24) is 4.90 Å². The number of carbonyl (C=O) groups excluding carboxylic acids is 1. The minimum atomic E-state index is -0.294. The van der Waals surface area contributed by atoms with Crippen LogP contribution in [0.25, 0.3) is 11.0 Å². The molecule has 5 nitrogen and oxygen atoms in total. The molecular formula is C18H23N2O3+. The van der Waals surface area contributed by atoms with E-state index in [2.05, 4.69) is 13.0 Å². The Morgan fingerprint density at radius 1 is 1.17 bits per heavy atom. The maximum atomic E-state index is 11.9. The van der Waals surface area contributed by atoms with E-state index in [-0.39, 0.29) is 11.5 Å². The Balaban J connectivity index is 1.87. The lowest BCUT2D eigenvalue weighted by atomic mass is 10.0. The van der Waals surface area contributed by atoms with Crippen molar-refractivity contribution in [2.75, 3.05) is 26.2 Å². The zero-order valence-electron chi connectivity index (χ0n) is 13.9. The average Bonchev–Trinajstić information content (AvgIpc) is 2.50. The first-order chi connectivity index (χ1) is 10.9. The molecule has 1 amide bonds. The zero-order valence-corrected chi connectivity index (χ0v) is 13.9. The van der Waals surface area contributed by atoms with Crippen molar-refractivity contribution in [2.24, 2.45) is 0 Å². The summed E-state index contributed by atoms with van der Waals surface area (Å²) in [5.41, 5.74) is 3.73. The van der Waals surface area contributed by atoms with Crippen molar-refractivity contribution in [3.05, 3.63) is 45.3 Å². The van der Waals surface area contributed by atoms with Gasteiger partial charge in [0.15, 0.2) is 0 Å². The van der Waals surface area contributed by atoms with Crippen LogP contribution in [-0.2, 0) is 11.3 Å². The van der Waals surface area contributed by atoms with Gasteiger partial charge in [0.1, 0.15) is 12.1 Å². The predicted molar refractivity (Wildman–Crippen MR) is 88.6 cm³/mol. The summed E-state index contributed by atoms with van der Waals surface area (Å²) in [6.07, 6.45) is 0. The third kappa shape index (κ3) is 3.29. The Kier molecular flexibility index (Phi) is 4.22. The number of nitrogens with zero attached hydrogens (tertiary/aromatic N) is 1. The molecule has 2 aromatic rings. The number of fused-ring (bicyclic) bond motifs is 1.